The summed E-state index contributed by atoms with van der Waals surface area (Å²) in [6, 6.07) is 7.19. The predicted octanol–water partition coefficient (Wildman–Crippen LogP) is 0.874. The van der Waals surface area contributed by atoms with Crippen LogP contribution in [0.3, 0.4) is 0 Å². The molecule has 1 heterocycles. The van der Waals surface area contributed by atoms with Crippen molar-refractivity contribution in [1.82, 2.24) is 14.7 Å². The zero-order valence-electron chi connectivity index (χ0n) is 12.4. The fourth-order valence-electron chi connectivity index (χ4n) is 2.14. The number of aliphatic hydroxyl groups is 1. The van der Waals surface area contributed by atoms with Crippen LogP contribution < -0.4 is 10.5 Å². The lowest BCUT2D eigenvalue weighted by Gasteiger charge is -2.20. The van der Waals surface area contributed by atoms with Gasteiger partial charge in [-0.05, 0) is 19.2 Å². The standard InChI is InChI=1S/C15H22N4O2/c1-18(8-12-7-17-19(2)9-12)10-14(20)11-21-15-5-3-4-13(16)6-15/h3-7,9,14,20H,8,10-11,16H2,1-2H3. The normalized spacial score (nSPS) is 12.6. The molecule has 114 valence electrons. The molecule has 1 unspecified atom stereocenters. The number of nitrogens with two attached hydrogens (primary N) is 1. The zero-order chi connectivity index (χ0) is 15.2. The number of likely N-dealkylation sites (N-methyl/N-ethyl adjacent to an activating group) is 1. The minimum Gasteiger partial charge on any atom is -0.491 e. The van der Waals surface area contributed by atoms with Crippen LogP contribution in [0.5, 0.6) is 5.75 Å². The predicted molar refractivity (Wildman–Crippen MR) is 81.9 cm³/mol. The fraction of sp³-hybridized carbons (Fsp3) is 0.400. The molecule has 0 saturated carbocycles. The molecule has 0 spiro atoms. The van der Waals surface area contributed by atoms with Crippen LogP contribution in [0.15, 0.2) is 36.7 Å². The van der Waals surface area contributed by atoms with E-state index in [2.05, 4.69) is 5.10 Å². The summed E-state index contributed by atoms with van der Waals surface area (Å²) >= 11 is 0. The van der Waals surface area contributed by atoms with Crippen LogP contribution >= 0.6 is 0 Å². The van der Waals surface area contributed by atoms with Crippen LogP contribution in [0.4, 0.5) is 5.69 Å². The topological polar surface area (TPSA) is 76.5 Å². The summed E-state index contributed by atoms with van der Waals surface area (Å²) in [6.45, 7) is 1.50. The Morgan fingerprint density at radius 3 is 2.95 bits per heavy atom. The van der Waals surface area contributed by atoms with Gasteiger partial charge in [0.15, 0.2) is 0 Å². The molecule has 0 fully saturated rings. The van der Waals surface area contributed by atoms with Crippen LogP contribution in [0.25, 0.3) is 0 Å². The maximum Gasteiger partial charge on any atom is 0.121 e. The summed E-state index contributed by atoms with van der Waals surface area (Å²) in [5, 5.41) is 14.1. The second-order valence-corrected chi connectivity index (χ2v) is 5.26. The molecule has 0 radical (unpaired) electrons. The number of hydrogen-bond acceptors (Lipinski definition) is 5. The highest BCUT2D eigenvalue weighted by molar-refractivity contribution is 5.43. The molecule has 0 aliphatic carbocycles. The molecule has 1 aromatic carbocycles. The lowest BCUT2D eigenvalue weighted by Crippen LogP contribution is -2.32. The van der Waals surface area contributed by atoms with Crippen LogP contribution in [-0.2, 0) is 13.6 Å². The molecule has 1 aromatic heterocycles. The number of aliphatic hydroxyl groups excluding tert-OH is 1. The maximum atomic E-state index is 10.0. The largest absolute Gasteiger partial charge is 0.491 e. The lowest BCUT2D eigenvalue weighted by molar-refractivity contribution is 0.0744. The van der Waals surface area contributed by atoms with Gasteiger partial charge in [-0.15, -0.1) is 0 Å². The van der Waals surface area contributed by atoms with Crippen LogP contribution in [0.2, 0.25) is 0 Å². The van der Waals surface area contributed by atoms with Crippen molar-refractivity contribution in [3.05, 3.63) is 42.2 Å². The van der Waals surface area contributed by atoms with Gasteiger partial charge < -0.3 is 15.6 Å². The number of nitrogen functional groups attached to an aromatic ring is 1. The quantitative estimate of drug-likeness (QED) is 0.740. The highest BCUT2D eigenvalue weighted by Gasteiger charge is 2.10. The number of benzene rings is 1. The molecular formula is C15H22N4O2. The van der Waals surface area contributed by atoms with Gasteiger partial charge in [0.2, 0.25) is 0 Å². The number of rotatable bonds is 7. The molecular weight excluding hydrogens is 268 g/mol. The van der Waals surface area contributed by atoms with E-state index in [1.54, 1.807) is 16.8 Å². The first-order valence-electron chi connectivity index (χ1n) is 6.85. The third kappa shape index (κ3) is 5.09. The van der Waals surface area contributed by atoms with Gasteiger partial charge in [-0.1, -0.05) is 6.07 Å². The summed E-state index contributed by atoms with van der Waals surface area (Å²) in [4.78, 5) is 2.03. The number of anilines is 1. The van der Waals surface area contributed by atoms with E-state index in [4.69, 9.17) is 10.5 Å². The van der Waals surface area contributed by atoms with Crippen molar-refractivity contribution in [1.29, 1.82) is 0 Å². The van der Waals surface area contributed by atoms with Gasteiger partial charge in [0.25, 0.3) is 0 Å². The van der Waals surface area contributed by atoms with E-state index in [-0.39, 0.29) is 6.61 Å². The molecule has 2 rings (SSSR count). The summed E-state index contributed by atoms with van der Waals surface area (Å²) in [7, 11) is 3.84. The molecule has 3 N–H and O–H groups in total. The summed E-state index contributed by atoms with van der Waals surface area (Å²) in [5.74, 6) is 0.670. The van der Waals surface area contributed by atoms with E-state index in [0.29, 0.717) is 18.0 Å². The average molecular weight is 290 g/mol. The Labute approximate surface area is 124 Å². The number of aryl methyl sites for hydroxylation is 1. The third-order valence-electron chi connectivity index (χ3n) is 3.03. The lowest BCUT2D eigenvalue weighted by atomic mass is 10.3. The highest BCUT2D eigenvalue weighted by atomic mass is 16.5. The second kappa shape index (κ2) is 7.10. The smallest absolute Gasteiger partial charge is 0.121 e. The molecule has 0 bridgehead atoms. The Balaban J connectivity index is 1.74. The summed E-state index contributed by atoms with van der Waals surface area (Å²) < 4.78 is 7.30. The van der Waals surface area contributed by atoms with E-state index in [1.807, 2.05) is 43.5 Å². The van der Waals surface area contributed by atoms with Crippen molar-refractivity contribution in [2.75, 3.05) is 25.9 Å². The molecule has 0 amide bonds. The molecule has 6 heteroatoms. The highest BCUT2D eigenvalue weighted by Crippen LogP contribution is 2.14. The molecule has 0 aliphatic heterocycles. The third-order valence-corrected chi connectivity index (χ3v) is 3.03. The van der Waals surface area contributed by atoms with Gasteiger partial charge in [-0.2, -0.15) is 5.10 Å². The molecule has 0 aliphatic rings. The number of nitrogens with zero attached hydrogens (tertiary/aromatic N) is 3. The van der Waals surface area contributed by atoms with Crippen LogP contribution in [-0.4, -0.2) is 46.1 Å². The first-order chi connectivity index (χ1) is 10.0. The first kappa shape index (κ1) is 15.3. The minimum atomic E-state index is -0.562. The molecule has 21 heavy (non-hydrogen) atoms. The Morgan fingerprint density at radius 1 is 1.48 bits per heavy atom. The van der Waals surface area contributed by atoms with E-state index < -0.39 is 6.10 Å². The maximum absolute atomic E-state index is 10.0. The van der Waals surface area contributed by atoms with Crippen molar-refractivity contribution < 1.29 is 9.84 Å². The summed E-state index contributed by atoms with van der Waals surface area (Å²) in [5.41, 5.74) is 7.44. The average Bonchev–Trinajstić information content (AvgIpc) is 2.81. The van der Waals surface area contributed by atoms with Crippen LogP contribution in [0.1, 0.15) is 5.56 Å². The van der Waals surface area contributed by atoms with Gasteiger partial charge in [0, 0.05) is 43.7 Å². The van der Waals surface area contributed by atoms with Gasteiger partial charge in [-0.25, -0.2) is 0 Å². The van der Waals surface area contributed by atoms with Crippen LogP contribution in [0, 0.1) is 0 Å². The SMILES string of the molecule is CN(Cc1cnn(C)c1)CC(O)COc1cccc(N)c1. The minimum absolute atomic E-state index is 0.237. The number of aromatic nitrogens is 2. The molecule has 2 aromatic rings. The number of ether oxygens (including phenoxy) is 1. The van der Waals surface area contributed by atoms with Crippen molar-refractivity contribution in [2.45, 2.75) is 12.6 Å². The van der Waals surface area contributed by atoms with Gasteiger partial charge >= 0.3 is 0 Å². The van der Waals surface area contributed by atoms with E-state index >= 15 is 0 Å². The van der Waals surface area contributed by atoms with Crippen molar-refractivity contribution >= 4 is 5.69 Å². The molecule has 0 saturated heterocycles. The van der Waals surface area contributed by atoms with Gasteiger partial charge in [-0.3, -0.25) is 9.58 Å². The molecule has 1 atom stereocenters. The Bertz CT molecular complexity index is 570. The van der Waals surface area contributed by atoms with E-state index in [1.165, 1.54) is 0 Å². The fourth-order valence-corrected chi connectivity index (χ4v) is 2.14. The zero-order valence-corrected chi connectivity index (χ0v) is 12.4. The monoisotopic (exact) mass is 290 g/mol. The van der Waals surface area contributed by atoms with Gasteiger partial charge in [0.1, 0.15) is 18.5 Å². The van der Waals surface area contributed by atoms with E-state index in [0.717, 1.165) is 12.1 Å². The molecule has 6 nitrogen and oxygen atoms in total. The van der Waals surface area contributed by atoms with Crippen molar-refractivity contribution in [3.8, 4) is 5.75 Å². The van der Waals surface area contributed by atoms with E-state index in [9.17, 15) is 5.11 Å². The first-order valence-corrected chi connectivity index (χ1v) is 6.85. The number of hydrogen-bond donors (Lipinski definition) is 2. The van der Waals surface area contributed by atoms with Crippen molar-refractivity contribution in [3.63, 3.8) is 0 Å². The Morgan fingerprint density at radius 2 is 2.29 bits per heavy atom. The van der Waals surface area contributed by atoms with Gasteiger partial charge in [0.05, 0.1) is 6.20 Å². The Hall–Kier alpha value is -2.05. The second-order valence-electron chi connectivity index (χ2n) is 5.26. The Kier molecular flexibility index (Phi) is 5.19. The van der Waals surface area contributed by atoms with Crippen molar-refractivity contribution in [2.24, 2.45) is 7.05 Å². The summed E-state index contributed by atoms with van der Waals surface area (Å²) in [6.07, 6.45) is 3.23.